The number of para-hydroxylation sites is 1. The quantitative estimate of drug-likeness (QED) is 0.112. The Morgan fingerprint density at radius 3 is 2.24 bits per heavy atom. The number of hydrogen-bond donors (Lipinski definition) is 1. The summed E-state index contributed by atoms with van der Waals surface area (Å²) < 4.78 is 0. The van der Waals surface area contributed by atoms with Crippen molar-refractivity contribution in [2.24, 2.45) is 16.8 Å². The molecule has 45 heavy (non-hydrogen) atoms. The fraction of sp³-hybridized carbons (Fsp3) is 0.325. The lowest BCUT2D eigenvalue weighted by Crippen LogP contribution is -2.47. The number of nitriles is 1. The van der Waals surface area contributed by atoms with Crippen molar-refractivity contribution < 1.29 is 4.79 Å². The smallest absolute Gasteiger partial charge is 0.212 e. The van der Waals surface area contributed by atoms with Crippen LogP contribution >= 0.6 is 0 Å². The monoisotopic (exact) mass is 592 g/mol. The molecule has 2 fully saturated rings. The maximum atomic E-state index is 14.3. The van der Waals surface area contributed by atoms with Gasteiger partial charge in [0.25, 0.3) is 0 Å². The van der Waals surface area contributed by atoms with Gasteiger partial charge in [0.2, 0.25) is 5.96 Å². The van der Waals surface area contributed by atoms with Crippen LogP contribution in [0.2, 0.25) is 0 Å². The first-order chi connectivity index (χ1) is 22.1. The molecule has 5 nitrogen and oxygen atoms in total. The normalized spacial score (nSPS) is 24.7. The number of aryl methyl sites for hydroxylation is 1. The summed E-state index contributed by atoms with van der Waals surface area (Å²) in [6.45, 7) is 3.50. The molecule has 5 heteroatoms. The third-order valence-electron chi connectivity index (χ3n) is 10.5. The first-order valence-electron chi connectivity index (χ1n) is 16.4. The van der Waals surface area contributed by atoms with E-state index in [1.807, 2.05) is 31.2 Å². The number of benzene rings is 4. The maximum absolute atomic E-state index is 14.3. The molecule has 0 bridgehead atoms. The first-order valence-corrected chi connectivity index (χ1v) is 16.4. The zero-order valence-electron chi connectivity index (χ0n) is 25.9. The van der Waals surface area contributed by atoms with Crippen LogP contribution in [0.1, 0.15) is 72.1 Å². The minimum atomic E-state index is -0.0431. The van der Waals surface area contributed by atoms with Gasteiger partial charge in [-0.15, -0.1) is 0 Å². The molecule has 0 amide bonds. The molecule has 4 aromatic rings. The van der Waals surface area contributed by atoms with Crippen LogP contribution < -0.4 is 5.32 Å². The number of rotatable bonds is 3. The predicted molar refractivity (Wildman–Crippen MR) is 180 cm³/mol. The minimum Gasteiger partial charge on any atom is -0.341 e. The van der Waals surface area contributed by atoms with Crippen molar-refractivity contribution in [2.75, 3.05) is 13.1 Å². The number of guanidine groups is 1. The van der Waals surface area contributed by atoms with Crippen LogP contribution in [0.4, 0.5) is 5.69 Å². The van der Waals surface area contributed by atoms with E-state index in [1.165, 1.54) is 27.8 Å². The molecule has 1 aliphatic heterocycles. The summed E-state index contributed by atoms with van der Waals surface area (Å²) in [6, 6.07) is 36.4. The lowest BCUT2D eigenvalue weighted by Gasteiger charge is -2.49. The van der Waals surface area contributed by atoms with Gasteiger partial charge in [0.1, 0.15) is 5.78 Å². The molecular formula is C40H40N4O. The lowest BCUT2D eigenvalue weighted by molar-refractivity contribution is -0.126. The molecule has 0 spiro atoms. The topological polar surface area (TPSA) is 68.5 Å². The van der Waals surface area contributed by atoms with Crippen LogP contribution in [0, 0.1) is 30.2 Å². The molecule has 7 rings (SSSR count). The van der Waals surface area contributed by atoms with E-state index in [2.05, 4.69) is 95.3 Å². The maximum Gasteiger partial charge on any atom is 0.212 e. The van der Waals surface area contributed by atoms with Crippen molar-refractivity contribution in [2.45, 2.75) is 56.8 Å². The Hall–Kier alpha value is -4.69. The van der Waals surface area contributed by atoms with Gasteiger partial charge < -0.3 is 4.90 Å². The number of fused-ring (bicyclic) bond motifs is 5. The summed E-state index contributed by atoms with van der Waals surface area (Å²) >= 11 is 0. The molecular weight excluding hydrogens is 552 g/mol. The first kappa shape index (κ1) is 29.0. The predicted octanol–water partition coefficient (Wildman–Crippen LogP) is 8.47. The van der Waals surface area contributed by atoms with Gasteiger partial charge in [-0.05, 0) is 83.4 Å². The summed E-state index contributed by atoms with van der Waals surface area (Å²) in [5.41, 5.74) is 8.44. The van der Waals surface area contributed by atoms with E-state index >= 15 is 0 Å². The molecule has 5 atom stereocenters. The molecule has 226 valence electrons. The number of carbonyl (C=O) groups excluding carboxylic acids is 1. The number of hydrogen-bond acceptors (Lipinski definition) is 3. The van der Waals surface area contributed by atoms with Crippen molar-refractivity contribution in [3.8, 4) is 17.3 Å². The number of Topliss-reactive ketones (excluding diaryl/α,β-unsaturated/α-hetero) is 1. The second-order valence-electron chi connectivity index (χ2n) is 13.0. The zero-order chi connectivity index (χ0) is 30.8. The number of nitrogens with zero attached hydrogens (tertiary/aromatic N) is 3. The number of nitrogens with one attached hydrogen (secondary N) is 1. The molecule has 5 unspecified atom stereocenters. The van der Waals surface area contributed by atoms with E-state index in [0.717, 1.165) is 43.5 Å². The Kier molecular flexibility index (Phi) is 8.22. The van der Waals surface area contributed by atoms with Gasteiger partial charge in [-0.3, -0.25) is 10.1 Å². The summed E-state index contributed by atoms with van der Waals surface area (Å²) in [7, 11) is 0. The number of ketones is 1. The van der Waals surface area contributed by atoms with Gasteiger partial charge in [-0.25, -0.2) is 4.99 Å². The Labute approximate surface area is 266 Å². The molecule has 1 saturated carbocycles. The third kappa shape index (κ3) is 5.78. The van der Waals surface area contributed by atoms with Gasteiger partial charge in [0.15, 0.2) is 6.19 Å². The van der Waals surface area contributed by atoms with E-state index in [9.17, 15) is 10.1 Å². The molecule has 1 N–H and O–H groups in total. The fourth-order valence-corrected chi connectivity index (χ4v) is 8.10. The number of likely N-dealkylation sites (tertiary alicyclic amines) is 1. The average molecular weight is 593 g/mol. The van der Waals surface area contributed by atoms with E-state index < -0.39 is 0 Å². The Morgan fingerprint density at radius 2 is 1.49 bits per heavy atom. The van der Waals surface area contributed by atoms with Gasteiger partial charge in [0.05, 0.1) is 5.69 Å². The van der Waals surface area contributed by atoms with Crippen molar-refractivity contribution in [1.29, 1.82) is 5.26 Å². The highest BCUT2D eigenvalue weighted by Gasteiger charge is 2.48. The van der Waals surface area contributed by atoms with Crippen LogP contribution in [-0.4, -0.2) is 29.7 Å². The van der Waals surface area contributed by atoms with Gasteiger partial charge in [0, 0.05) is 31.3 Å². The van der Waals surface area contributed by atoms with Crippen LogP contribution in [0.3, 0.4) is 0 Å². The van der Waals surface area contributed by atoms with Crippen molar-refractivity contribution in [3.05, 3.63) is 125 Å². The van der Waals surface area contributed by atoms with Gasteiger partial charge >= 0.3 is 0 Å². The molecule has 2 aliphatic carbocycles. The van der Waals surface area contributed by atoms with Gasteiger partial charge in [-0.1, -0.05) is 103 Å². The summed E-state index contributed by atoms with van der Waals surface area (Å²) in [5.74, 6) is 2.08. The van der Waals surface area contributed by atoms with Crippen molar-refractivity contribution >= 4 is 17.4 Å². The highest BCUT2D eigenvalue weighted by molar-refractivity contribution is 5.86. The minimum absolute atomic E-state index is 0.0431. The fourth-order valence-electron chi connectivity index (χ4n) is 8.10. The highest BCUT2D eigenvalue weighted by Crippen LogP contribution is 2.58. The largest absolute Gasteiger partial charge is 0.341 e. The molecule has 0 radical (unpaired) electrons. The van der Waals surface area contributed by atoms with Crippen LogP contribution in [0.5, 0.6) is 0 Å². The molecule has 4 aromatic carbocycles. The number of aliphatic imine (C=N–C) groups is 1. The zero-order valence-corrected chi connectivity index (χ0v) is 25.9. The lowest BCUT2D eigenvalue weighted by atomic mass is 9.55. The molecule has 3 aliphatic rings. The Balaban J connectivity index is 1.20. The van der Waals surface area contributed by atoms with E-state index in [0.29, 0.717) is 42.5 Å². The Bertz CT molecular complexity index is 1740. The Morgan fingerprint density at radius 1 is 0.800 bits per heavy atom. The van der Waals surface area contributed by atoms with Crippen LogP contribution in [0.15, 0.2) is 108 Å². The molecule has 1 saturated heterocycles. The van der Waals surface area contributed by atoms with Gasteiger partial charge in [-0.2, -0.15) is 5.26 Å². The third-order valence-corrected chi connectivity index (χ3v) is 10.5. The summed E-state index contributed by atoms with van der Waals surface area (Å²) in [6.07, 6.45) is 6.68. The van der Waals surface area contributed by atoms with Crippen molar-refractivity contribution in [1.82, 2.24) is 10.2 Å². The van der Waals surface area contributed by atoms with Crippen molar-refractivity contribution in [3.63, 3.8) is 0 Å². The van der Waals surface area contributed by atoms with E-state index in [1.54, 1.807) is 0 Å². The highest BCUT2D eigenvalue weighted by atomic mass is 16.1. The molecule has 0 aromatic heterocycles. The average Bonchev–Trinajstić information content (AvgIpc) is 3.05. The van der Waals surface area contributed by atoms with Crippen LogP contribution in [-0.2, 0) is 4.79 Å². The standard InChI is InChI=1S/C40H40N4O/c1-27-11-5-8-17-38(27)43-40(42-26-41)44-22-10-9-16-33-37(25-44)32-15-7-6-14-31(32)35-23-34(36(35)24-39(33)45)30-20-18-29(19-21-30)28-12-3-2-4-13-28/h2-8,11-15,17-21,33-37H,9-10,16,22-25H2,1H3,(H,42,43). The summed E-state index contributed by atoms with van der Waals surface area (Å²) in [5, 5.41) is 12.6. The SMILES string of the molecule is Cc1ccccc1N=C(NC#N)N1CCCCC2C(=O)CC3C(c4ccc(-c5ccccc5)cc4)CC3c3ccccc3C2C1. The van der Waals surface area contributed by atoms with E-state index in [4.69, 9.17) is 4.99 Å². The second-order valence-corrected chi connectivity index (χ2v) is 13.0. The van der Waals surface area contributed by atoms with Crippen LogP contribution in [0.25, 0.3) is 11.1 Å². The van der Waals surface area contributed by atoms with E-state index in [-0.39, 0.29) is 11.8 Å². The second kappa shape index (κ2) is 12.7. The number of carbonyl (C=O) groups is 1. The molecule has 1 heterocycles. The summed E-state index contributed by atoms with van der Waals surface area (Å²) in [4.78, 5) is 21.4.